The predicted octanol–water partition coefficient (Wildman–Crippen LogP) is 4.11. The Hall–Kier alpha value is -3.54. The molecule has 3 rings (SSSR count). The number of aryl methyl sites for hydroxylation is 1. The van der Waals surface area contributed by atoms with E-state index in [0.717, 1.165) is 34.9 Å². The van der Waals surface area contributed by atoms with Crippen molar-refractivity contribution in [2.24, 2.45) is 0 Å². The van der Waals surface area contributed by atoms with Crippen LogP contribution in [0, 0.1) is 0 Å². The molecule has 0 aliphatic carbocycles. The summed E-state index contributed by atoms with van der Waals surface area (Å²) in [4.78, 5) is 23.5. The van der Waals surface area contributed by atoms with Gasteiger partial charge in [0.2, 0.25) is 11.8 Å². The number of carbonyl (C=O) groups excluding carboxylic acids is 2. The van der Waals surface area contributed by atoms with E-state index in [1.165, 1.54) is 12.5 Å². The van der Waals surface area contributed by atoms with Gasteiger partial charge in [0.1, 0.15) is 0 Å². The quantitative estimate of drug-likeness (QED) is 0.511. The maximum atomic E-state index is 12.2. The number of nitrogens with one attached hydrogen (secondary N) is 2. The summed E-state index contributed by atoms with van der Waals surface area (Å²) in [6, 6.07) is 17.7. The van der Waals surface area contributed by atoms with E-state index in [1.807, 2.05) is 30.3 Å². The Bertz CT molecular complexity index is 1080. The van der Waals surface area contributed by atoms with Gasteiger partial charge in [0, 0.05) is 19.2 Å². The van der Waals surface area contributed by atoms with Gasteiger partial charge in [-0.05, 0) is 59.0 Å². The summed E-state index contributed by atoms with van der Waals surface area (Å²) in [6.07, 6.45) is 2.03. The molecule has 162 valence electrons. The lowest BCUT2D eigenvalue weighted by Gasteiger charge is -2.10. The molecule has 3 aromatic rings. The molecule has 2 N–H and O–H groups in total. The molecule has 0 atom stereocenters. The molecule has 3 aromatic carbocycles. The normalized spacial score (nSPS) is 10.5. The molecule has 0 unspecified atom stereocenters. The zero-order valence-electron chi connectivity index (χ0n) is 18.2. The SMILES string of the molecule is COc1ccc(CC(=O)NCCCc2ccc3cc(NC(C)=O)ccc3c2)cc1OC. The van der Waals surface area contributed by atoms with Crippen molar-refractivity contribution in [3.8, 4) is 11.5 Å². The van der Waals surface area contributed by atoms with E-state index in [1.54, 1.807) is 20.3 Å². The third-order valence-corrected chi connectivity index (χ3v) is 5.00. The fourth-order valence-corrected chi connectivity index (χ4v) is 3.49. The molecule has 2 amide bonds. The van der Waals surface area contributed by atoms with E-state index in [-0.39, 0.29) is 11.8 Å². The van der Waals surface area contributed by atoms with E-state index >= 15 is 0 Å². The van der Waals surface area contributed by atoms with Crippen LogP contribution < -0.4 is 20.1 Å². The number of carbonyl (C=O) groups is 2. The molecule has 0 bridgehead atoms. The van der Waals surface area contributed by atoms with Crippen LogP contribution in [0.4, 0.5) is 5.69 Å². The van der Waals surface area contributed by atoms with Gasteiger partial charge >= 0.3 is 0 Å². The largest absolute Gasteiger partial charge is 0.493 e. The Balaban J connectivity index is 1.48. The zero-order chi connectivity index (χ0) is 22.2. The highest BCUT2D eigenvalue weighted by Gasteiger charge is 2.08. The van der Waals surface area contributed by atoms with E-state index in [4.69, 9.17) is 9.47 Å². The number of methoxy groups -OCH3 is 2. The number of hydrogen-bond donors (Lipinski definition) is 2. The lowest BCUT2D eigenvalue weighted by atomic mass is 10.0. The monoisotopic (exact) mass is 420 g/mol. The first kappa shape index (κ1) is 22.2. The first-order chi connectivity index (χ1) is 15.0. The Labute approximate surface area is 182 Å². The van der Waals surface area contributed by atoms with Gasteiger partial charge < -0.3 is 20.1 Å². The van der Waals surface area contributed by atoms with Crippen molar-refractivity contribution in [2.45, 2.75) is 26.2 Å². The number of benzene rings is 3. The summed E-state index contributed by atoms with van der Waals surface area (Å²) in [5, 5.41) is 7.99. The molecule has 6 heteroatoms. The number of anilines is 1. The standard InChI is InChI=1S/C25H28N2O4/c1-17(28)27-22-10-9-20-13-18(6-8-21(20)16-22)5-4-12-26-25(29)15-19-7-11-23(30-2)24(14-19)31-3/h6-11,13-14,16H,4-5,12,15H2,1-3H3,(H,26,29)(H,27,28). The van der Waals surface area contributed by atoms with Crippen molar-refractivity contribution in [1.82, 2.24) is 5.32 Å². The second-order valence-corrected chi connectivity index (χ2v) is 7.40. The van der Waals surface area contributed by atoms with Crippen LogP contribution in [0.15, 0.2) is 54.6 Å². The van der Waals surface area contributed by atoms with Crippen molar-refractivity contribution < 1.29 is 19.1 Å². The minimum atomic E-state index is -0.0795. The predicted molar refractivity (Wildman–Crippen MR) is 123 cm³/mol. The minimum Gasteiger partial charge on any atom is -0.493 e. The third kappa shape index (κ3) is 6.22. The first-order valence-electron chi connectivity index (χ1n) is 10.3. The van der Waals surface area contributed by atoms with Crippen LogP contribution in [0.1, 0.15) is 24.5 Å². The first-order valence-corrected chi connectivity index (χ1v) is 10.3. The Morgan fingerprint density at radius 3 is 2.29 bits per heavy atom. The summed E-state index contributed by atoms with van der Waals surface area (Å²) in [7, 11) is 3.17. The number of hydrogen-bond acceptors (Lipinski definition) is 4. The van der Waals surface area contributed by atoms with Crippen LogP contribution in [0.5, 0.6) is 11.5 Å². The third-order valence-electron chi connectivity index (χ3n) is 5.00. The molecule has 31 heavy (non-hydrogen) atoms. The van der Waals surface area contributed by atoms with Gasteiger partial charge in [0.15, 0.2) is 11.5 Å². The molecule has 0 aliphatic rings. The van der Waals surface area contributed by atoms with Gasteiger partial charge in [-0.3, -0.25) is 9.59 Å². The van der Waals surface area contributed by atoms with Crippen LogP contribution in [-0.2, 0) is 22.4 Å². The highest BCUT2D eigenvalue weighted by atomic mass is 16.5. The molecule has 6 nitrogen and oxygen atoms in total. The summed E-state index contributed by atoms with van der Waals surface area (Å²) in [5.41, 5.74) is 2.89. The van der Waals surface area contributed by atoms with E-state index < -0.39 is 0 Å². The van der Waals surface area contributed by atoms with E-state index in [9.17, 15) is 9.59 Å². The summed E-state index contributed by atoms with van der Waals surface area (Å²) < 4.78 is 10.5. The number of amides is 2. The highest BCUT2D eigenvalue weighted by molar-refractivity contribution is 5.93. The second kappa shape index (κ2) is 10.5. The Morgan fingerprint density at radius 2 is 1.55 bits per heavy atom. The molecule has 0 spiro atoms. The Morgan fingerprint density at radius 1 is 0.839 bits per heavy atom. The second-order valence-electron chi connectivity index (χ2n) is 7.40. The molecular weight excluding hydrogens is 392 g/mol. The van der Waals surface area contributed by atoms with Gasteiger partial charge in [-0.1, -0.05) is 30.3 Å². The van der Waals surface area contributed by atoms with Crippen LogP contribution in [0.3, 0.4) is 0 Å². The Kier molecular flexibility index (Phi) is 7.49. The maximum absolute atomic E-state index is 12.2. The number of fused-ring (bicyclic) bond motifs is 1. The lowest BCUT2D eigenvalue weighted by Crippen LogP contribution is -2.26. The topological polar surface area (TPSA) is 76.7 Å². The number of rotatable bonds is 9. The molecule has 0 heterocycles. The van der Waals surface area contributed by atoms with Crippen molar-refractivity contribution in [2.75, 3.05) is 26.1 Å². The van der Waals surface area contributed by atoms with Gasteiger partial charge in [-0.15, -0.1) is 0 Å². The molecule has 0 aromatic heterocycles. The highest BCUT2D eigenvalue weighted by Crippen LogP contribution is 2.27. The van der Waals surface area contributed by atoms with Crippen molar-refractivity contribution in [3.05, 3.63) is 65.7 Å². The molecule has 0 fully saturated rings. The summed E-state index contributed by atoms with van der Waals surface area (Å²) in [5.74, 6) is 1.17. The van der Waals surface area contributed by atoms with Crippen LogP contribution in [0.2, 0.25) is 0 Å². The average molecular weight is 421 g/mol. The summed E-state index contributed by atoms with van der Waals surface area (Å²) >= 11 is 0. The minimum absolute atomic E-state index is 0.0174. The van der Waals surface area contributed by atoms with E-state index in [2.05, 4.69) is 28.8 Å². The molecule has 0 saturated carbocycles. The van der Waals surface area contributed by atoms with Crippen LogP contribution >= 0.6 is 0 Å². The zero-order valence-corrected chi connectivity index (χ0v) is 18.2. The smallest absolute Gasteiger partial charge is 0.224 e. The average Bonchev–Trinajstić information content (AvgIpc) is 2.76. The van der Waals surface area contributed by atoms with Crippen molar-refractivity contribution in [3.63, 3.8) is 0 Å². The van der Waals surface area contributed by atoms with E-state index in [0.29, 0.717) is 24.5 Å². The molecule has 0 aliphatic heterocycles. The van der Waals surface area contributed by atoms with Gasteiger partial charge in [0.05, 0.1) is 20.6 Å². The molecule has 0 radical (unpaired) electrons. The summed E-state index contributed by atoms with van der Waals surface area (Å²) in [6.45, 7) is 2.12. The lowest BCUT2D eigenvalue weighted by molar-refractivity contribution is -0.120. The molecule has 0 saturated heterocycles. The number of ether oxygens (including phenoxy) is 2. The maximum Gasteiger partial charge on any atom is 0.224 e. The fraction of sp³-hybridized carbons (Fsp3) is 0.280. The van der Waals surface area contributed by atoms with Gasteiger partial charge in [-0.2, -0.15) is 0 Å². The van der Waals surface area contributed by atoms with Crippen LogP contribution in [0.25, 0.3) is 10.8 Å². The fourth-order valence-electron chi connectivity index (χ4n) is 3.49. The van der Waals surface area contributed by atoms with Crippen molar-refractivity contribution >= 4 is 28.3 Å². The van der Waals surface area contributed by atoms with Gasteiger partial charge in [-0.25, -0.2) is 0 Å². The van der Waals surface area contributed by atoms with Crippen molar-refractivity contribution in [1.29, 1.82) is 0 Å². The van der Waals surface area contributed by atoms with Gasteiger partial charge in [0.25, 0.3) is 0 Å². The van der Waals surface area contributed by atoms with Crippen LogP contribution in [-0.4, -0.2) is 32.6 Å². The molecular formula is C25H28N2O4.